The molecule has 5 nitrogen and oxygen atoms in total. The first-order valence-electron chi connectivity index (χ1n) is 5.16. The molecular weight excluding hydrogens is 204 g/mol. The van der Waals surface area contributed by atoms with Crippen LogP contribution in [0.2, 0.25) is 0 Å². The van der Waals surface area contributed by atoms with E-state index in [1.807, 2.05) is 22.8 Å². The van der Waals surface area contributed by atoms with Gasteiger partial charge in [-0.3, -0.25) is 9.98 Å². The van der Waals surface area contributed by atoms with Crippen LogP contribution < -0.4 is 15.7 Å². The van der Waals surface area contributed by atoms with E-state index in [9.17, 15) is 0 Å². The third-order valence-corrected chi connectivity index (χ3v) is 2.84. The molecular formula is C11H12N4O. The normalized spacial score (nSPS) is 13.6. The maximum absolute atomic E-state index is 7.81. The highest BCUT2D eigenvalue weighted by Gasteiger charge is 2.14. The number of aromatic nitrogens is 2. The number of rotatable bonds is 1. The Morgan fingerprint density at radius 2 is 2.38 bits per heavy atom. The minimum Gasteiger partial charge on any atom is -0.497 e. The van der Waals surface area contributed by atoms with Crippen molar-refractivity contribution in [2.45, 2.75) is 6.54 Å². The zero-order valence-corrected chi connectivity index (χ0v) is 8.95. The molecule has 16 heavy (non-hydrogen) atoms. The number of methoxy groups -OCH3 is 1. The first-order valence-corrected chi connectivity index (χ1v) is 5.16. The summed E-state index contributed by atoms with van der Waals surface area (Å²) in [6, 6.07) is 5.69. The molecule has 1 aromatic heterocycles. The smallest absolute Gasteiger partial charge is 0.224 e. The second-order valence-corrected chi connectivity index (χ2v) is 3.75. The molecule has 0 aliphatic carbocycles. The van der Waals surface area contributed by atoms with Crippen molar-refractivity contribution in [3.63, 3.8) is 0 Å². The third kappa shape index (κ3) is 1.18. The molecule has 0 radical (unpaired) electrons. The van der Waals surface area contributed by atoms with E-state index in [1.165, 1.54) is 0 Å². The molecule has 0 amide bonds. The van der Waals surface area contributed by atoms with Crippen LogP contribution in [0.1, 0.15) is 0 Å². The molecule has 0 saturated heterocycles. The highest BCUT2D eigenvalue weighted by molar-refractivity contribution is 5.90. The Kier molecular flexibility index (Phi) is 1.86. The van der Waals surface area contributed by atoms with Gasteiger partial charge in [-0.15, -0.1) is 0 Å². The second-order valence-electron chi connectivity index (χ2n) is 3.75. The lowest BCUT2D eigenvalue weighted by Gasteiger charge is -2.08. The molecule has 1 aromatic carbocycles. The van der Waals surface area contributed by atoms with Crippen molar-refractivity contribution in [2.24, 2.45) is 0 Å². The highest BCUT2D eigenvalue weighted by atomic mass is 16.5. The summed E-state index contributed by atoms with van der Waals surface area (Å²) in [6.07, 6.45) is 0. The van der Waals surface area contributed by atoms with Gasteiger partial charge in [0.15, 0.2) is 0 Å². The Morgan fingerprint density at radius 3 is 3.19 bits per heavy atom. The van der Waals surface area contributed by atoms with Gasteiger partial charge in [0.1, 0.15) is 11.6 Å². The fourth-order valence-electron chi connectivity index (χ4n) is 2.05. The maximum atomic E-state index is 7.81. The first kappa shape index (κ1) is 9.21. The van der Waals surface area contributed by atoms with Gasteiger partial charge in [-0.1, -0.05) is 0 Å². The number of nitrogens with zero attached hydrogens (tertiary/aromatic N) is 2. The highest BCUT2D eigenvalue weighted by Crippen LogP contribution is 2.26. The van der Waals surface area contributed by atoms with Crippen molar-refractivity contribution >= 4 is 16.7 Å². The van der Waals surface area contributed by atoms with Gasteiger partial charge in [-0.25, -0.2) is 4.98 Å². The number of ether oxygens (including phenoxy) is 1. The second kappa shape index (κ2) is 3.23. The summed E-state index contributed by atoms with van der Waals surface area (Å²) in [5.74, 6) is 1.78. The fourth-order valence-corrected chi connectivity index (χ4v) is 2.05. The van der Waals surface area contributed by atoms with Crippen molar-refractivity contribution in [1.29, 1.82) is 5.41 Å². The number of hydrogen-bond donors (Lipinski definition) is 2. The molecule has 0 spiro atoms. The molecule has 0 unspecified atom stereocenters. The Bertz CT molecular complexity index is 617. The van der Waals surface area contributed by atoms with Crippen LogP contribution in [0.4, 0.5) is 5.82 Å². The Labute approximate surface area is 92.2 Å². The number of hydrogen-bond acceptors (Lipinski definition) is 4. The molecule has 2 heterocycles. The summed E-state index contributed by atoms with van der Waals surface area (Å²) >= 11 is 0. The van der Waals surface area contributed by atoms with E-state index in [4.69, 9.17) is 10.1 Å². The van der Waals surface area contributed by atoms with Gasteiger partial charge < -0.3 is 10.1 Å². The van der Waals surface area contributed by atoms with Gasteiger partial charge in [-0.05, 0) is 18.2 Å². The van der Waals surface area contributed by atoms with E-state index >= 15 is 0 Å². The Hall–Kier alpha value is -2.04. The van der Waals surface area contributed by atoms with E-state index < -0.39 is 0 Å². The molecule has 2 aromatic rings. The van der Waals surface area contributed by atoms with E-state index in [0.717, 1.165) is 35.6 Å². The van der Waals surface area contributed by atoms with Crippen molar-refractivity contribution < 1.29 is 4.74 Å². The van der Waals surface area contributed by atoms with Crippen LogP contribution in [0, 0.1) is 5.41 Å². The van der Waals surface area contributed by atoms with Crippen LogP contribution in [0.15, 0.2) is 18.2 Å². The summed E-state index contributed by atoms with van der Waals surface area (Å²) < 4.78 is 7.08. The van der Waals surface area contributed by atoms with Gasteiger partial charge >= 0.3 is 0 Å². The molecule has 1 aliphatic rings. The van der Waals surface area contributed by atoms with E-state index in [0.29, 0.717) is 5.62 Å². The molecule has 2 N–H and O–H groups in total. The van der Waals surface area contributed by atoms with Crippen molar-refractivity contribution in [3.05, 3.63) is 23.8 Å². The lowest BCUT2D eigenvalue weighted by molar-refractivity contribution is 0.415. The Morgan fingerprint density at radius 1 is 1.50 bits per heavy atom. The van der Waals surface area contributed by atoms with Crippen LogP contribution in [0.3, 0.4) is 0 Å². The van der Waals surface area contributed by atoms with Gasteiger partial charge in [0, 0.05) is 18.5 Å². The van der Waals surface area contributed by atoms with Crippen LogP contribution >= 0.6 is 0 Å². The molecule has 0 atom stereocenters. The number of anilines is 1. The predicted molar refractivity (Wildman–Crippen MR) is 60.6 cm³/mol. The van der Waals surface area contributed by atoms with E-state index in [2.05, 4.69) is 10.3 Å². The fraction of sp³-hybridized carbons (Fsp3) is 0.273. The molecule has 3 rings (SSSR count). The summed E-state index contributed by atoms with van der Waals surface area (Å²) in [4.78, 5) is 4.26. The monoisotopic (exact) mass is 216 g/mol. The van der Waals surface area contributed by atoms with Gasteiger partial charge in [-0.2, -0.15) is 0 Å². The van der Waals surface area contributed by atoms with Gasteiger partial charge in [0.2, 0.25) is 5.62 Å². The lowest BCUT2D eigenvalue weighted by Crippen LogP contribution is -2.21. The standard InChI is InChI=1S/C11H12N4O/c1-16-7-2-3-9-8(6-7)10-13-4-5-15(10)11(12)14-9/h2-3,6,12-13H,4-5H2,1H3. The summed E-state index contributed by atoms with van der Waals surface area (Å²) in [7, 11) is 1.65. The average molecular weight is 216 g/mol. The summed E-state index contributed by atoms with van der Waals surface area (Å²) in [6.45, 7) is 1.65. The van der Waals surface area contributed by atoms with Crippen molar-refractivity contribution in [2.75, 3.05) is 19.0 Å². The summed E-state index contributed by atoms with van der Waals surface area (Å²) in [5.41, 5.74) is 1.13. The largest absolute Gasteiger partial charge is 0.497 e. The van der Waals surface area contributed by atoms with Crippen LogP contribution in [-0.4, -0.2) is 23.2 Å². The maximum Gasteiger partial charge on any atom is 0.224 e. The van der Waals surface area contributed by atoms with Crippen molar-refractivity contribution in [1.82, 2.24) is 9.55 Å². The van der Waals surface area contributed by atoms with Crippen LogP contribution in [-0.2, 0) is 6.54 Å². The Balaban J connectivity index is 2.40. The van der Waals surface area contributed by atoms with Crippen LogP contribution in [0.25, 0.3) is 10.9 Å². The molecule has 0 saturated carbocycles. The molecule has 5 heteroatoms. The molecule has 0 fully saturated rings. The number of nitrogens with one attached hydrogen (secondary N) is 2. The third-order valence-electron chi connectivity index (χ3n) is 2.84. The van der Waals surface area contributed by atoms with Crippen LogP contribution in [0.5, 0.6) is 5.75 Å². The quantitative estimate of drug-likeness (QED) is 0.746. The average Bonchev–Trinajstić information content (AvgIpc) is 2.78. The van der Waals surface area contributed by atoms with E-state index in [-0.39, 0.29) is 0 Å². The minimum atomic E-state index is 0.303. The SMILES string of the molecule is COc1ccc2nc(=N)n3c(c2c1)NCC3. The lowest BCUT2D eigenvalue weighted by atomic mass is 10.2. The number of fused-ring (bicyclic) bond motifs is 3. The topological polar surface area (TPSA) is 62.9 Å². The zero-order valence-electron chi connectivity index (χ0n) is 8.95. The van der Waals surface area contributed by atoms with Gasteiger partial charge in [0.05, 0.1) is 12.6 Å². The predicted octanol–water partition coefficient (Wildman–Crippen LogP) is 0.950. The zero-order chi connectivity index (χ0) is 11.1. The number of benzene rings is 1. The summed E-state index contributed by atoms with van der Waals surface area (Å²) in [5, 5.41) is 12.1. The molecule has 0 bridgehead atoms. The van der Waals surface area contributed by atoms with E-state index in [1.54, 1.807) is 7.11 Å². The molecule has 82 valence electrons. The molecule has 1 aliphatic heterocycles. The minimum absolute atomic E-state index is 0.303. The van der Waals surface area contributed by atoms with Crippen molar-refractivity contribution in [3.8, 4) is 5.75 Å². The first-order chi connectivity index (χ1) is 7.79. The van der Waals surface area contributed by atoms with Gasteiger partial charge in [0.25, 0.3) is 0 Å².